The van der Waals surface area contributed by atoms with Gasteiger partial charge in [0, 0.05) is 37.7 Å². The predicted molar refractivity (Wildman–Crippen MR) is 85.2 cm³/mol. The van der Waals surface area contributed by atoms with Gasteiger partial charge in [-0.15, -0.1) is 0 Å². The number of aromatic nitrogens is 1. The Balaban J connectivity index is 2.14. The number of amides is 1. The topological polar surface area (TPSA) is 71.2 Å². The standard InChI is InChI=1S/C16H20N4O/c1-3-18-16(21)15-10-14(7-8-19-15)20(2)11-12-5-4-6-13(17)9-12/h4-10H,3,11,17H2,1-2H3,(H,18,21). The molecule has 110 valence electrons. The number of hydrogen-bond acceptors (Lipinski definition) is 4. The van der Waals surface area contributed by atoms with E-state index in [4.69, 9.17) is 5.73 Å². The first kappa shape index (κ1) is 14.8. The molecule has 0 aliphatic carbocycles. The SMILES string of the molecule is CCNC(=O)c1cc(N(C)Cc2cccc(N)c2)ccn1. The molecule has 5 heteroatoms. The average molecular weight is 284 g/mol. The van der Waals surface area contributed by atoms with Crippen molar-refractivity contribution < 1.29 is 4.79 Å². The number of nitrogen functional groups attached to an aromatic ring is 1. The van der Waals surface area contributed by atoms with Crippen LogP contribution in [0.3, 0.4) is 0 Å². The molecule has 0 radical (unpaired) electrons. The third-order valence-corrected chi connectivity index (χ3v) is 3.13. The monoisotopic (exact) mass is 284 g/mol. The van der Waals surface area contributed by atoms with Crippen LogP contribution in [-0.4, -0.2) is 24.5 Å². The molecule has 0 bridgehead atoms. The van der Waals surface area contributed by atoms with Gasteiger partial charge in [-0.3, -0.25) is 9.78 Å². The number of carbonyl (C=O) groups is 1. The lowest BCUT2D eigenvalue weighted by Gasteiger charge is -2.20. The van der Waals surface area contributed by atoms with E-state index in [-0.39, 0.29) is 5.91 Å². The van der Waals surface area contributed by atoms with Crippen LogP contribution in [0, 0.1) is 0 Å². The first-order valence-electron chi connectivity index (χ1n) is 6.90. The number of pyridine rings is 1. The van der Waals surface area contributed by atoms with Crippen molar-refractivity contribution in [2.45, 2.75) is 13.5 Å². The molecule has 0 atom stereocenters. The number of carbonyl (C=O) groups excluding carboxylic acids is 1. The minimum Gasteiger partial charge on any atom is -0.399 e. The molecule has 21 heavy (non-hydrogen) atoms. The summed E-state index contributed by atoms with van der Waals surface area (Å²) in [4.78, 5) is 18.0. The van der Waals surface area contributed by atoms with Crippen molar-refractivity contribution in [3.63, 3.8) is 0 Å². The van der Waals surface area contributed by atoms with Gasteiger partial charge in [-0.1, -0.05) is 12.1 Å². The second-order valence-electron chi connectivity index (χ2n) is 4.86. The highest BCUT2D eigenvalue weighted by Crippen LogP contribution is 2.17. The Kier molecular flexibility index (Phi) is 4.77. The number of nitrogens with zero attached hydrogens (tertiary/aromatic N) is 2. The van der Waals surface area contributed by atoms with Crippen LogP contribution in [0.1, 0.15) is 23.0 Å². The zero-order chi connectivity index (χ0) is 15.2. The Bertz CT molecular complexity index is 627. The molecule has 2 aromatic rings. The van der Waals surface area contributed by atoms with Gasteiger partial charge in [0.05, 0.1) is 0 Å². The van der Waals surface area contributed by atoms with E-state index in [1.807, 2.05) is 44.3 Å². The van der Waals surface area contributed by atoms with Crippen molar-refractivity contribution in [2.24, 2.45) is 0 Å². The highest BCUT2D eigenvalue weighted by Gasteiger charge is 2.09. The maximum atomic E-state index is 11.8. The lowest BCUT2D eigenvalue weighted by molar-refractivity contribution is 0.0951. The lowest BCUT2D eigenvalue weighted by Crippen LogP contribution is -2.24. The van der Waals surface area contributed by atoms with Crippen molar-refractivity contribution in [1.82, 2.24) is 10.3 Å². The molecule has 0 spiro atoms. The molecule has 0 fully saturated rings. The minimum absolute atomic E-state index is 0.156. The van der Waals surface area contributed by atoms with Crippen LogP contribution in [0.2, 0.25) is 0 Å². The maximum Gasteiger partial charge on any atom is 0.269 e. The van der Waals surface area contributed by atoms with Gasteiger partial charge in [0.15, 0.2) is 0 Å². The van der Waals surface area contributed by atoms with E-state index in [0.29, 0.717) is 18.8 Å². The van der Waals surface area contributed by atoms with Gasteiger partial charge in [-0.05, 0) is 36.8 Å². The van der Waals surface area contributed by atoms with E-state index in [2.05, 4.69) is 15.2 Å². The molecular formula is C16H20N4O. The summed E-state index contributed by atoms with van der Waals surface area (Å²) in [6.45, 7) is 3.18. The van der Waals surface area contributed by atoms with E-state index in [1.54, 1.807) is 12.3 Å². The largest absolute Gasteiger partial charge is 0.399 e. The van der Waals surface area contributed by atoms with Crippen molar-refractivity contribution in [3.05, 3.63) is 53.9 Å². The molecule has 2 rings (SSSR count). The summed E-state index contributed by atoms with van der Waals surface area (Å²) in [6, 6.07) is 11.4. The molecule has 3 N–H and O–H groups in total. The third-order valence-electron chi connectivity index (χ3n) is 3.13. The fraction of sp³-hybridized carbons (Fsp3) is 0.250. The van der Waals surface area contributed by atoms with Crippen molar-refractivity contribution in [3.8, 4) is 0 Å². The van der Waals surface area contributed by atoms with Gasteiger partial charge in [-0.2, -0.15) is 0 Å². The summed E-state index contributed by atoms with van der Waals surface area (Å²) >= 11 is 0. The number of anilines is 2. The fourth-order valence-corrected chi connectivity index (χ4v) is 2.09. The van der Waals surface area contributed by atoms with E-state index >= 15 is 0 Å². The molecule has 0 aliphatic rings. The molecule has 1 amide bonds. The van der Waals surface area contributed by atoms with E-state index in [9.17, 15) is 4.79 Å². The van der Waals surface area contributed by atoms with Crippen LogP contribution in [0.5, 0.6) is 0 Å². The van der Waals surface area contributed by atoms with Crippen LogP contribution >= 0.6 is 0 Å². The smallest absolute Gasteiger partial charge is 0.269 e. The predicted octanol–water partition coefficient (Wildman–Crippen LogP) is 2.05. The summed E-state index contributed by atoms with van der Waals surface area (Å²) < 4.78 is 0. The number of nitrogens with two attached hydrogens (primary N) is 1. The van der Waals surface area contributed by atoms with E-state index in [1.165, 1.54) is 0 Å². The zero-order valence-corrected chi connectivity index (χ0v) is 12.3. The van der Waals surface area contributed by atoms with Gasteiger partial charge in [0.1, 0.15) is 5.69 Å². The van der Waals surface area contributed by atoms with E-state index in [0.717, 1.165) is 16.9 Å². The second kappa shape index (κ2) is 6.74. The highest BCUT2D eigenvalue weighted by molar-refractivity contribution is 5.93. The zero-order valence-electron chi connectivity index (χ0n) is 12.3. The molecule has 1 aromatic heterocycles. The number of nitrogens with one attached hydrogen (secondary N) is 1. The van der Waals surface area contributed by atoms with Crippen LogP contribution < -0.4 is 16.0 Å². The number of hydrogen-bond donors (Lipinski definition) is 2. The lowest BCUT2D eigenvalue weighted by atomic mass is 10.2. The average Bonchev–Trinajstić information content (AvgIpc) is 2.47. The molecule has 1 heterocycles. The summed E-state index contributed by atoms with van der Waals surface area (Å²) in [7, 11) is 1.97. The normalized spacial score (nSPS) is 10.2. The molecule has 0 saturated carbocycles. The highest BCUT2D eigenvalue weighted by atomic mass is 16.1. The Morgan fingerprint density at radius 3 is 2.86 bits per heavy atom. The van der Waals surface area contributed by atoms with Gasteiger partial charge in [0.25, 0.3) is 5.91 Å². The fourth-order valence-electron chi connectivity index (χ4n) is 2.09. The first-order chi connectivity index (χ1) is 10.1. The first-order valence-corrected chi connectivity index (χ1v) is 6.90. The van der Waals surface area contributed by atoms with Crippen molar-refractivity contribution >= 4 is 17.3 Å². The Morgan fingerprint density at radius 1 is 1.33 bits per heavy atom. The Hall–Kier alpha value is -2.56. The molecular weight excluding hydrogens is 264 g/mol. The van der Waals surface area contributed by atoms with Crippen LogP contribution in [0.25, 0.3) is 0 Å². The summed E-state index contributed by atoms with van der Waals surface area (Å²) in [5.41, 5.74) is 9.02. The Morgan fingerprint density at radius 2 is 2.14 bits per heavy atom. The molecule has 0 aliphatic heterocycles. The minimum atomic E-state index is -0.156. The van der Waals surface area contributed by atoms with Gasteiger partial charge < -0.3 is 16.0 Å². The van der Waals surface area contributed by atoms with Crippen LogP contribution in [0.15, 0.2) is 42.6 Å². The van der Waals surface area contributed by atoms with E-state index < -0.39 is 0 Å². The van der Waals surface area contributed by atoms with Gasteiger partial charge in [-0.25, -0.2) is 0 Å². The Labute approximate surface area is 124 Å². The molecule has 0 unspecified atom stereocenters. The third kappa shape index (κ3) is 3.95. The van der Waals surface area contributed by atoms with Crippen molar-refractivity contribution in [2.75, 3.05) is 24.2 Å². The number of benzene rings is 1. The number of rotatable bonds is 5. The molecule has 0 saturated heterocycles. The van der Waals surface area contributed by atoms with Crippen LogP contribution in [0.4, 0.5) is 11.4 Å². The van der Waals surface area contributed by atoms with Gasteiger partial charge in [0.2, 0.25) is 0 Å². The summed E-state index contributed by atoms with van der Waals surface area (Å²) in [5.74, 6) is -0.156. The van der Waals surface area contributed by atoms with Crippen molar-refractivity contribution in [1.29, 1.82) is 0 Å². The molecule has 1 aromatic carbocycles. The van der Waals surface area contributed by atoms with Gasteiger partial charge >= 0.3 is 0 Å². The second-order valence-corrected chi connectivity index (χ2v) is 4.86. The van der Waals surface area contributed by atoms with Crippen LogP contribution in [-0.2, 0) is 6.54 Å². The summed E-state index contributed by atoms with van der Waals surface area (Å²) in [6.07, 6.45) is 1.65. The quantitative estimate of drug-likeness (QED) is 0.824. The summed E-state index contributed by atoms with van der Waals surface area (Å²) in [5, 5.41) is 2.75. The maximum absolute atomic E-state index is 11.8. The molecule has 5 nitrogen and oxygen atoms in total.